The monoisotopic (exact) mass is 511 g/mol. The molecule has 0 saturated heterocycles. The maximum Gasteiger partial charge on any atom is 0.339 e. The number of carboxylic acid groups (broad SMARTS) is 2. The highest BCUT2D eigenvalue weighted by atomic mass is 32.2. The Morgan fingerprint density at radius 2 is 1.82 bits per heavy atom. The highest BCUT2D eigenvalue weighted by Gasteiger charge is 2.40. The van der Waals surface area contributed by atoms with Crippen molar-refractivity contribution in [3.63, 3.8) is 0 Å². The van der Waals surface area contributed by atoms with Gasteiger partial charge in [0.15, 0.2) is 6.10 Å². The van der Waals surface area contributed by atoms with Crippen molar-refractivity contribution < 1.29 is 43.3 Å². The number of aliphatic carboxylic acids is 2. The van der Waals surface area contributed by atoms with Gasteiger partial charge in [0.25, 0.3) is 0 Å². The normalized spacial score (nSPS) is 20.1. The lowest BCUT2D eigenvalue weighted by Gasteiger charge is -2.37. The molecule has 12 heteroatoms. The summed E-state index contributed by atoms with van der Waals surface area (Å²) in [5.74, 6) is -4.54. The number of amides is 1. The number of esters is 1. The molecule has 1 aromatic rings. The van der Waals surface area contributed by atoms with Gasteiger partial charge >= 0.3 is 5.97 Å². The molecule has 0 aromatic heterocycles. The maximum atomic E-state index is 13.0. The summed E-state index contributed by atoms with van der Waals surface area (Å²) in [6, 6.07) is 1.65. The SMILES string of the molecule is COc1cc(O[Si](C)(C)C(C)(C)C)c2c(c1)C(=O)O[C@H](C(=O)[O-])CC(=O)N[C@H](C(=O)[O-])CSC2. The third kappa shape index (κ3) is 6.66. The summed E-state index contributed by atoms with van der Waals surface area (Å²) >= 11 is 1.14. The van der Waals surface area contributed by atoms with Crippen molar-refractivity contribution in [2.75, 3.05) is 12.9 Å². The number of carboxylic acids is 2. The number of carbonyl (C=O) groups is 4. The molecule has 10 nitrogen and oxygen atoms in total. The van der Waals surface area contributed by atoms with E-state index in [-0.39, 0.29) is 27.9 Å². The van der Waals surface area contributed by atoms with E-state index >= 15 is 0 Å². The number of ether oxygens (including phenoxy) is 2. The van der Waals surface area contributed by atoms with Gasteiger partial charge in [0, 0.05) is 23.1 Å². The molecule has 1 aliphatic rings. The fraction of sp³-hybridized carbons (Fsp3) is 0.545. The molecule has 0 saturated carbocycles. The standard InChI is InChI=1S/C22H31NO9SSi/c1-22(2,3)34(5,6)32-16-8-12(30-4)7-13-14(16)10-33-11-15(19(25)26)23-18(24)9-17(20(27)28)31-21(13)29/h7-8,15,17H,9-11H2,1-6H3,(H,23,24)(H,25,26)(H,27,28)/p-2/t15-,17-/m0/s1. The van der Waals surface area contributed by atoms with Crippen LogP contribution in [0.4, 0.5) is 0 Å². The van der Waals surface area contributed by atoms with Crippen LogP contribution in [0.15, 0.2) is 12.1 Å². The third-order valence-electron chi connectivity index (χ3n) is 5.84. The molecule has 0 aliphatic carbocycles. The van der Waals surface area contributed by atoms with Gasteiger partial charge in [-0.15, -0.1) is 0 Å². The lowest BCUT2D eigenvalue weighted by atomic mass is 10.1. The van der Waals surface area contributed by atoms with Crippen LogP contribution in [0, 0.1) is 0 Å². The zero-order valence-corrected chi connectivity index (χ0v) is 21.8. The number of thioether (sulfide) groups is 1. The summed E-state index contributed by atoms with van der Waals surface area (Å²) < 4.78 is 16.9. The van der Waals surface area contributed by atoms with Gasteiger partial charge in [0.2, 0.25) is 14.2 Å². The molecule has 1 heterocycles. The fourth-order valence-electron chi connectivity index (χ4n) is 2.82. The van der Waals surface area contributed by atoms with Crippen LogP contribution in [-0.4, -0.2) is 57.1 Å². The van der Waals surface area contributed by atoms with E-state index in [0.717, 1.165) is 11.8 Å². The van der Waals surface area contributed by atoms with Crippen molar-refractivity contribution in [2.24, 2.45) is 0 Å². The Hall–Kier alpha value is -2.73. The van der Waals surface area contributed by atoms with Gasteiger partial charge in [-0.3, -0.25) is 4.79 Å². The Balaban J connectivity index is 2.63. The first kappa shape index (κ1) is 27.5. The first-order chi connectivity index (χ1) is 15.7. The molecule has 0 fully saturated rings. The van der Waals surface area contributed by atoms with E-state index in [4.69, 9.17) is 13.9 Å². The smallest absolute Gasteiger partial charge is 0.339 e. The third-order valence-corrected chi connectivity index (χ3v) is 11.2. The number of hydrogen-bond acceptors (Lipinski definition) is 10. The molecule has 2 rings (SSSR count). The van der Waals surface area contributed by atoms with Gasteiger partial charge in [-0.05, 0) is 24.2 Å². The Morgan fingerprint density at radius 3 is 2.35 bits per heavy atom. The second-order valence-electron chi connectivity index (χ2n) is 9.39. The van der Waals surface area contributed by atoms with Gasteiger partial charge in [0.05, 0.1) is 37.1 Å². The van der Waals surface area contributed by atoms with Gasteiger partial charge in [-0.25, -0.2) is 4.79 Å². The first-order valence-electron chi connectivity index (χ1n) is 10.6. The summed E-state index contributed by atoms with van der Waals surface area (Å²) in [7, 11) is -0.978. The van der Waals surface area contributed by atoms with Crippen molar-refractivity contribution in [1.82, 2.24) is 5.32 Å². The number of methoxy groups -OCH3 is 1. The molecule has 1 aromatic carbocycles. The van der Waals surface area contributed by atoms with E-state index in [9.17, 15) is 29.4 Å². The molecule has 0 bridgehead atoms. The number of rotatable bonds is 5. The second kappa shape index (κ2) is 10.7. The predicted octanol–water partition coefficient (Wildman–Crippen LogP) is 0.226. The number of hydrogen-bond donors (Lipinski definition) is 1. The highest BCUT2D eigenvalue weighted by Crippen LogP contribution is 2.41. The van der Waals surface area contributed by atoms with E-state index in [0.29, 0.717) is 11.3 Å². The lowest BCUT2D eigenvalue weighted by molar-refractivity contribution is -0.314. The van der Waals surface area contributed by atoms with E-state index in [2.05, 4.69) is 5.32 Å². The lowest BCUT2D eigenvalue weighted by Crippen LogP contribution is -2.51. The molecule has 188 valence electrons. The molecule has 34 heavy (non-hydrogen) atoms. The van der Waals surface area contributed by atoms with Crippen molar-refractivity contribution in [2.45, 2.75) is 63.2 Å². The van der Waals surface area contributed by atoms with Crippen molar-refractivity contribution >= 4 is 43.9 Å². The Morgan fingerprint density at radius 1 is 1.18 bits per heavy atom. The minimum Gasteiger partial charge on any atom is -0.548 e. The number of nitrogens with one attached hydrogen (secondary N) is 1. The molecular formula is C22H29NO9SSi-2. The maximum absolute atomic E-state index is 13.0. The van der Waals surface area contributed by atoms with Crippen LogP contribution in [-0.2, 0) is 24.9 Å². The Labute approximate surface area is 203 Å². The van der Waals surface area contributed by atoms with Gasteiger partial charge in [-0.2, -0.15) is 11.8 Å². The number of benzene rings is 1. The van der Waals surface area contributed by atoms with E-state index in [1.54, 1.807) is 6.07 Å². The molecule has 2 atom stereocenters. The predicted molar refractivity (Wildman–Crippen MR) is 123 cm³/mol. The zero-order chi connectivity index (χ0) is 25.8. The second-order valence-corrected chi connectivity index (χ2v) is 15.1. The van der Waals surface area contributed by atoms with E-state index < -0.39 is 50.7 Å². The molecule has 1 aliphatic heterocycles. The molecule has 0 spiro atoms. The number of fused-ring (bicyclic) bond motifs is 1. The van der Waals surface area contributed by atoms with Crippen LogP contribution in [0.3, 0.4) is 0 Å². The minimum atomic E-state index is -2.39. The van der Waals surface area contributed by atoms with E-state index in [1.807, 2.05) is 33.9 Å². The Bertz CT molecular complexity index is 974. The van der Waals surface area contributed by atoms with Gasteiger partial charge in [0.1, 0.15) is 11.5 Å². The summed E-state index contributed by atoms with van der Waals surface area (Å²) in [5.41, 5.74) is 0.402. The first-order valence-corrected chi connectivity index (χ1v) is 14.6. The zero-order valence-electron chi connectivity index (χ0n) is 20.0. The van der Waals surface area contributed by atoms with Gasteiger partial charge < -0.3 is 39.0 Å². The summed E-state index contributed by atoms with van der Waals surface area (Å²) in [4.78, 5) is 48.2. The molecular weight excluding hydrogens is 482 g/mol. The molecule has 1 amide bonds. The van der Waals surface area contributed by atoms with Crippen molar-refractivity contribution in [3.8, 4) is 11.5 Å². The number of cyclic esters (lactones) is 1. The average Bonchev–Trinajstić information content (AvgIpc) is 2.70. The van der Waals surface area contributed by atoms with Gasteiger partial charge in [-0.1, -0.05) is 20.8 Å². The topological polar surface area (TPSA) is 154 Å². The Kier molecular flexibility index (Phi) is 8.64. The van der Waals surface area contributed by atoms with Crippen molar-refractivity contribution in [3.05, 3.63) is 23.3 Å². The van der Waals surface area contributed by atoms with Crippen LogP contribution in [0.2, 0.25) is 18.1 Å². The fourth-order valence-corrected chi connectivity index (χ4v) is 4.94. The van der Waals surface area contributed by atoms with Crippen LogP contribution < -0.4 is 24.7 Å². The van der Waals surface area contributed by atoms with Crippen LogP contribution in [0.25, 0.3) is 0 Å². The quantitative estimate of drug-likeness (QED) is 0.429. The summed E-state index contributed by atoms with van der Waals surface area (Å²) in [6.07, 6.45) is -2.74. The minimum absolute atomic E-state index is 0.00205. The van der Waals surface area contributed by atoms with E-state index in [1.165, 1.54) is 13.2 Å². The molecule has 0 unspecified atom stereocenters. The number of carbonyl (C=O) groups excluding carboxylic acids is 4. The average molecular weight is 512 g/mol. The largest absolute Gasteiger partial charge is 0.548 e. The van der Waals surface area contributed by atoms with Crippen LogP contribution in [0.5, 0.6) is 11.5 Å². The van der Waals surface area contributed by atoms with Crippen LogP contribution in [0.1, 0.15) is 43.1 Å². The highest BCUT2D eigenvalue weighted by molar-refractivity contribution is 7.98. The summed E-state index contributed by atoms with van der Waals surface area (Å²) in [6.45, 7) is 10.2. The molecule has 0 radical (unpaired) electrons. The van der Waals surface area contributed by atoms with Crippen molar-refractivity contribution in [1.29, 1.82) is 0 Å². The van der Waals surface area contributed by atoms with Crippen LogP contribution >= 0.6 is 11.8 Å². The molecule has 1 N–H and O–H groups in total. The summed E-state index contributed by atoms with van der Waals surface area (Å²) in [5, 5.41) is 25.0.